The molecule has 0 aromatic rings. The van der Waals surface area contributed by atoms with Gasteiger partial charge >= 0.3 is 116 Å². The minimum Gasteiger partial charge on any atom is -1.00 e. The molecular weight excluding hydrogens is 1090 g/mol. The molecule has 0 rings (SSSR count). The van der Waals surface area contributed by atoms with Gasteiger partial charge in [0.1, 0.15) is 0 Å². The Bertz CT molecular complexity index is 1040. The molecule has 0 unspecified atom stereocenters. The molecule has 0 saturated heterocycles. The van der Waals surface area contributed by atoms with Crippen molar-refractivity contribution >= 4 is 116 Å². The Morgan fingerprint density at radius 1 is 0.167 bits per heavy atom. The van der Waals surface area contributed by atoms with Gasteiger partial charge in [0, 0.05) is 25.7 Å². The van der Waals surface area contributed by atoms with Gasteiger partial charge in [0.05, 0.1) is 0 Å². The topological polar surface area (TPSA) is 149 Å². The molecule has 0 saturated carbocycles. The molecule has 0 aliphatic carbocycles. The number of aliphatic carboxylic acids is 4. The number of carboxylic acids is 4. The van der Waals surface area contributed by atoms with Gasteiger partial charge in [0.15, 0.2) is 0 Å². The summed E-state index contributed by atoms with van der Waals surface area (Å²) in [6, 6.07) is 0. The first-order chi connectivity index (χ1) is 39.1. The zero-order valence-corrected chi connectivity index (χ0v) is 63.2. The fourth-order valence-electron chi connectivity index (χ4n) is 10.6. The van der Waals surface area contributed by atoms with Gasteiger partial charge in [-0.05, 0) is 25.7 Å². The Balaban J connectivity index is -0.0000000573. The Morgan fingerprint density at radius 3 is 0.310 bits per heavy atom. The molecule has 496 valence electrons. The van der Waals surface area contributed by atoms with Crippen LogP contribution in [0.3, 0.4) is 0 Å². The monoisotopic (exact) mass is 1240 g/mol. The van der Waals surface area contributed by atoms with E-state index in [0.29, 0.717) is 25.7 Å². The summed E-state index contributed by atoms with van der Waals surface area (Å²) in [5.74, 6) is -2.61. The maximum atomic E-state index is 10.3. The predicted molar refractivity (Wildman–Crippen MR) is 381 cm³/mol. The second-order valence-electron chi connectivity index (χ2n) is 24.4. The summed E-state index contributed by atoms with van der Waals surface area (Å²) >= 11 is 0. The third kappa shape index (κ3) is 117. The van der Waals surface area contributed by atoms with Crippen LogP contribution in [0.15, 0.2) is 0 Å². The Hall–Kier alpha value is 0.945. The molecule has 4 N–H and O–H groups in total. The minimum atomic E-state index is -0.653. The smallest absolute Gasteiger partial charge is 1.00 e. The van der Waals surface area contributed by atoms with Crippen molar-refractivity contribution in [1.29, 1.82) is 0 Å². The van der Waals surface area contributed by atoms with Crippen LogP contribution in [0.1, 0.15) is 450 Å². The van der Waals surface area contributed by atoms with E-state index in [1.807, 2.05) is 0 Å². The second kappa shape index (κ2) is 97.5. The summed E-state index contributed by atoms with van der Waals surface area (Å²) in [7, 11) is 0. The molecule has 0 heterocycles. The first-order valence-electron chi connectivity index (χ1n) is 36.0. The molecule has 0 aliphatic rings. The van der Waals surface area contributed by atoms with E-state index in [2.05, 4.69) is 27.7 Å². The van der Waals surface area contributed by atoms with Crippen molar-refractivity contribution in [2.75, 3.05) is 0 Å². The van der Waals surface area contributed by atoms with Crippen molar-refractivity contribution in [2.24, 2.45) is 0 Å². The number of carboxylic acid groups (broad SMARTS) is 4. The first-order valence-corrected chi connectivity index (χ1v) is 36.0. The summed E-state index contributed by atoms with van der Waals surface area (Å²) in [6.07, 6.45) is 80.8. The molecule has 12 heteroatoms. The van der Waals surface area contributed by atoms with Gasteiger partial charge in [-0.2, -0.15) is 0 Å². The molecule has 0 fully saturated rings. The van der Waals surface area contributed by atoms with E-state index in [1.165, 1.54) is 334 Å². The number of hydrogen-bond acceptors (Lipinski definition) is 4. The zero-order valence-electron chi connectivity index (χ0n) is 65.5. The van der Waals surface area contributed by atoms with Crippen molar-refractivity contribution in [2.45, 2.75) is 439 Å². The number of carbonyl (C=O) groups is 4. The maximum Gasteiger partial charge on any atom is 2.00 e. The molecule has 0 amide bonds. The van der Waals surface area contributed by atoms with Gasteiger partial charge in [-0.3, -0.25) is 19.2 Å². The molecule has 0 atom stereocenters. The van der Waals surface area contributed by atoms with Crippen LogP contribution >= 0.6 is 0 Å². The zero-order chi connectivity index (χ0) is 59.6. The van der Waals surface area contributed by atoms with Gasteiger partial charge in [0.25, 0.3) is 0 Å². The van der Waals surface area contributed by atoms with Crippen LogP contribution in [0.25, 0.3) is 0 Å². The van der Waals surface area contributed by atoms with Gasteiger partial charge < -0.3 is 31.8 Å². The second-order valence-corrected chi connectivity index (χ2v) is 24.4. The summed E-state index contributed by atoms with van der Waals surface area (Å²) in [5, 5.41) is 34.1. The number of hydrogen-bond donors (Lipinski definition) is 4. The van der Waals surface area contributed by atoms with Crippen molar-refractivity contribution in [3.63, 3.8) is 0 Å². The van der Waals surface area contributed by atoms with Crippen LogP contribution in [-0.2, 0) is 19.2 Å². The quantitative estimate of drug-likeness (QED) is 0.0347. The molecule has 0 spiro atoms. The normalized spacial score (nSPS) is 10.3. The Labute approximate surface area is 600 Å². The van der Waals surface area contributed by atoms with E-state index in [-0.39, 0.29) is 104 Å². The van der Waals surface area contributed by atoms with Crippen LogP contribution < -0.4 is 0 Å². The number of rotatable bonds is 64. The van der Waals surface area contributed by atoms with Crippen LogP contribution in [0.5, 0.6) is 0 Å². The van der Waals surface area contributed by atoms with Gasteiger partial charge in [-0.15, -0.1) is 0 Å². The van der Waals surface area contributed by atoms with Crippen LogP contribution in [-0.4, -0.2) is 137 Å². The van der Waals surface area contributed by atoms with E-state index >= 15 is 0 Å². The third-order valence-corrected chi connectivity index (χ3v) is 16.0. The molecule has 0 aliphatic heterocycles. The van der Waals surface area contributed by atoms with Crippen LogP contribution in [0, 0.1) is 0 Å². The Morgan fingerprint density at radius 2 is 0.238 bits per heavy atom. The number of unbranched alkanes of at least 4 members (excludes halogenated alkanes) is 56. The van der Waals surface area contributed by atoms with Crippen LogP contribution in [0.4, 0.5) is 0 Å². The largest absolute Gasteiger partial charge is 2.00 e. The Kier molecular flexibility index (Phi) is 117. The molecule has 0 bridgehead atoms. The fourth-order valence-corrected chi connectivity index (χ4v) is 10.6. The summed E-state index contributed by atoms with van der Waals surface area (Å²) < 4.78 is 0. The molecule has 8 nitrogen and oxygen atoms in total. The first kappa shape index (κ1) is 101. The van der Waals surface area contributed by atoms with Gasteiger partial charge in [-0.25, -0.2) is 0 Å². The average Bonchev–Trinajstić information content (AvgIpc) is 3.43. The van der Waals surface area contributed by atoms with E-state index < -0.39 is 23.9 Å². The summed E-state index contributed by atoms with van der Waals surface area (Å²) in [6.45, 7) is 9.08. The van der Waals surface area contributed by atoms with Crippen molar-refractivity contribution < 1.29 is 51.0 Å². The molecule has 0 aromatic carbocycles. The molecule has 0 aromatic heterocycles. The SMILES string of the molecule is CCCCCCCCCCCCCCCCCC(=O)O.CCCCCCCCCCCCCCCCCC(=O)O.CCCCCCCCCCCCCCCCCC(=O)O.CCCCCCCCCCCCCCCCCC(=O)O.[H-].[H-].[H-].[H-].[H-].[H-].[H-].[H-].[Mg+2].[Mg+2].[Mg+2].[Mg+2]. The molecule has 84 heavy (non-hydrogen) atoms. The summed E-state index contributed by atoms with van der Waals surface area (Å²) in [4.78, 5) is 41.3. The standard InChI is InChI=1S/4C18H36O2.4Mg.8H/c4*1-2-3-4-5-6-7-8-9-10-11-12-13-14-15-16-17-18(19)20;;;;;;;;;;;;/h4*2-17H2,1H3,(H,19,20);;;;;;;;;;;;/q;;;;4*+2;8*-1. The third-order valence-electron chi connectivity index (χ3n) is 16.0. The van der Waals surface area contributed by atoms with E-state index in [4.69, 9.17) is 20.4 Å². The minimum absolute atomic E-state index is 0. The van der Waals surface area contributed by atoms with Crippen molar-refractivity contribution in [3.05, 3.63) is 0 Å². The van der Waals surface area contributed by atoms with Crippen molar-refractivity contribution in [1.82, 2.24) is 0 Å². The summed E-state index contributed by atoms with van der Waals surface area (Å²) in [5.41, 5.74) is 0. The molecule has 0 radical (unpaired) electrons. The van der Waals surface area contributed by atoms with Crippen LogP contribution in [0.2, 0.25) is 0 Å². The van der Waals surface area contributed by atoms with Crippen molar-refractivity contribution in [3.8, 4) is 0 Å². The van der Waals surface area contributed by atoms with Gasteiger partial charge in [0.2, 0.25) is 0 Å². The van der Waals surface area contributed by atoms with E-state index in [1.54, 1.807) is 0 Å². The van der Waals surface area contributed by atoms with Gasteiger partial charge in [-0.1, -0.05) is 387 Å². The fraction of sp³-hybridized carbons (Fsp3) is 0.944. The maximum absolute atomic E-state index is 10.3. The van der Waals surface area contributed by atoms with E-state index in [9.17, 15) is 19.2 Å². The molecular formula is C72H152Mg4O8. The average molecular weight is 1240 g/mol. The van der Waals surface area contributed by atoms with E-state index in [0.717, 1.165) is 51.4 Å². The predicted octanol–water partition coefficient (Wildman–Crippen LogP) is 24.7.